The Morgan fingerprint density at radius 3 is 2.41 bits per heavy atom. The van der Waals surface area contributed by atoms with Gasteiger partial charge in [-0.15, -0.1) is 0 Å². The fourth-order valence-electron chi connectivity index (χ4n) is 5.35. The van der Waals surface area contributed by atoms with Gasteiger partial charge < -0.3 is 33.5 Å². The third-order valence-corrected chi connectivity index (χ3v) is 7.51. The van der Waals surface area contributed by atoms with Gasteiger partial charge in [0, 0.05) is 28.7 Å². The number of methoxy groups -OCH3 is 3. The molecule has 0 fully saturated rings. The van der Waals surface area contributed by atoms with Gasteiger partial charge in [0.05, 0.1) is 21.3 Å². The zero-order chi connectivity index (χ0) is 27.7. The van der Waals surface area contributed by atoms with Gasteiger partial charge in [0.2, 0.25) is 18.3 Å². The molecule has 0 saturated heterocycles. The second-order valence-electron chi connectivity index (χ2n) is 9.74. The fraction of sp³-hybridized carbons (Fsp3) is 0.323. The molecular formula is C31H32O8. The van der Waals surface area contributed by atoms with Crippen LogP contribution >= 0.6 is 0 Å². The van der Waals surface area contributed by atoms with Gasteiger partial charge in [-0.2, -0.15) is 0 Å². The summed E-state index contributed by atoms with van der Waals surface area (Å²) in [6.07, 6.45) is 3.05. The van der Waals surface area contributed by atoms with E-state index in [0.717, 1.165) is 11.1 Å². The topological polar surface area (TPSA) is 92.7 Å². The van der Waals surface area contributed by atoms with Gasteiger partial charge in [-0.25, -0.2) is 4.79 Å². The maximum atomic E-state index is 13.1. The van der Waals surface area contributed by atoms with Crippen molar-refractivity contribution in [2.45, 2.75) is 26.4 Å². The first kappa shape index (κ1) is 26.3. The normalized spacial score (nSPS) is 19.5. The minimum absolute atomic E-state index is 0.0234. The van der Waals surface area contributed by atoms with Crippen LogP contribution in [-0.4, -0.2) is 39.2 Å². The summed E-state index contributed by atoms with van der Waals surface area (Å²) < 4.78 is 34.6. The summed E-state index contributed by atoms with van der Waals surface area (Å²) >= 11 is 0. The van der Waals surface area contributed by atoms with E-state index < -0.39 is 12.1 Å². The molecule has 0 spiro atoms. The number of rotatable bonds is 6. The molecule has 3 atom stereocenters. The lowest BCUT2D eigenvalue weighted by atomic mass is 9.76. The van der Waals surface area contributed by atoms with E-state index in [0.29, 0.717) is 46.1 Å². The number of carbonyl (C=O) groups excluding carboxylic acids is 1. The second kappa shape index (κ2) is 10.8. The van der Waals surface area contributed by atoms with E-state index in [9.17, 15) is 9.90 Å². The van der Waals surface area contributed by atoms with Crippen molar-refractivity contribution >= 4 is 12.0 Å². The van der Waals surface area contributed by atoms with Crippen molar-refractivity contribution in [3.63, 3.8) is 0 Å². The quantitative estimate of drug-likeness (QED) is 0.308. The molecule has 3 aromatic rings. The van der Waals surface area contributed by atoms with E-state index in [1.54, 1.807) is 6.08 Å². The molecule has 0 bridgehead atoms. The molecule has 0 radical (unpaired) electrons. The molecule has 2 aliphatic rings. The van der Waals surface area contributed by atoms with E-state index in [1.807, 2.05) is 42.5 Å². The lowest BCUT2D eigenvalue weighted by molar-refractivity contribution is -0.146. The Kier molecular flexibility index (Phi) is 7.28. The Bertz CT molecular complexity index is 1410. The number of phenols is 1. The summed E-state index contributed by atoms with van der Waals surface area (Å²) in [5.41, 5.74) is 3.44. The maximum absolute atomic E-state index is 13.1. The standard InChI is InChI=1S/C31H32O8/c1-17-13-20-14-22(34-3)29(35-4)27(33)25(20)26-21(15-23-30(31(26)36-5)38-16-37-23)28(18(17)2)39-24(32)12-11-19-9-7-6-8-10-19/h6-12,14-15,17-18,28,33H,13,16H2,1-5H3/b12-11+/t17-,18-,28?/m1/s1. The summed E-state index contributed by atoms with van der Waals surface area (Å²) in [6, 6.07) is 13.2. The molecule has 0 amide bonds. The molecular weight excluding hydrogens is 500 g/mol. The van der Waals surface area contributed by atoms with Crippen molar-refractivity contribution in [2.75, 3.05) is 28.1 Å². The van der Waals surface area contributed by atoms with Crippen molar-refractivity contribution in [1.82, 2.24) is 0 Å². The number of hydrogen-bond donors (Lipinski definition) is 1. The number of benzene rings is 3. The summed E-state index contributed by atoms with van der Waals surface area (Å²) in [7, 11) is 4.53. The van der Waals surface area contributed by atoms with Gasteiger partial charge in [0.25, 0.3) is 0 Å². The summed E-state index contributed by atoms with van der Waals surface area (Å²) in [5, 5.41) is 11.6. The predicted octanol–water partition coefficient (Wildman–Crippen LogP) is 5.94. The zero-order valence-electron chi connectivity index (χ0n) is 22.6. The summed E-state index contributed by atoms with van der Waals surface area (Å²) in [5.74, 6) is 1.27. The maximum Gasteiger partial charge on any atom is 0.331 e. The first-order valence-electron chi connectivity index (χ1n) is 12.8. The smallest absolute Gasteiger partial charge is 0.331 e. The van der Waals surface area contributed by atoms with Gasteiger partial charge >= 0.3 is 5.97 Å². The van der Waals surface area contributed by atoms with Crippen LogP contribution in [0.15, 0.2) is 48.5 Å². The van der Waals surface area contributed by atoms with Crippen LogP contribution in [0.5, 0.6) is 34.5 Å². The molecule has 8 heteroatoms. The highest BCUT2D eigenvalue weighted by Crippen LogP contribution is 2.58. The molecule has 204 valence electrons. The highest BCUT2D eigenvalue weighted by Gasteiger charge is 2.39. The minimum atomic E-state index is -0.674. The number of carbonyl (C=O) groups is 1. The van der Waals surface area contributed by atoms with Crippen LogP contribution in [0, 0.1) is 11.8 Å². The van der Waals surface area contributed by atoms with Gasteiger partial charge in [0.1, 0.15) is 6.10 Å². The lowest BCUT2D eigenvalue weighted by Crippen LogP contribution is -2.26. The van der Waals surface area contributed by atoms with Crippen molar-refractivity contribution in [3.05, 3.63) is 65.2 Å². The zero-order valence-corrected chi connectivity index (χ0v) is 22.6. The van der Waals surface area contributed by atoms with E-state index in [2.05, 4.69) is 13.8 Å². The number of fused-ring (bicyclic) bond motifs is 4. The van der Waals surface area contributed by atoms with Crippen molar-refractivity contribution in [1.29, 1.82) is 0 Å². The highest BCUT2D eigenvalue weighted by molar-refractivity contribution is 5.90. The first-order chi connectivity index (χ1) is 18.9. The molecule has 1 heterocycles. The molecule has 39 heavy (non-hydrogen) atoms. The molecule has 1 aliphatic carbocycles. The Morgan fingerprint density at radius 2 is 1.72 bits per heavy atom. The SMILES string of the molecule is COc1cc2c(c(O)c1OC)-c1c(cc3c(c1OC)OCO3)C(OC(=O)/C=C/c1ccccc1)[C@H](C)[C@H](C)C2. The van der Waals surface area contributed by atoms with E-state index in [1.165, 1.54) is 27.4 Å². The Labute approximate surface area is 227 Å². The number of phenolic OH excluding ortho intramolecular Hbond substituents is 1. The van der Waals surface area contributed by atoms with Crippen molar-refractivity contribution < 1.29 is 38.3 Å². The third-order valence-electron chi connectivity index (χ3n) is 7.51. The van der Waals surface area contributed by atoms with Gasteiger partial charge in [-0.1, -0.05) is 44.2 Å². The number of ether oxygens (including phenoxy) is 6. The molecule has 5 rings (SSSR count). The molecule has 3 aromatic carbocycles. The van der Waals surface area contributed by atoms with Crippen molar-refractivity contribution in [2.24, 2.45) is 11.8 Å². The molecule has 1 unspecified atom stereocenters. The van der Waals surface area contributed by atoms with E-state index in [-0.39, 0.29) is 30.1 Å². The van der Waals surface area contributed by atoms with Crippen LogP contribution < -0.4 is 23.7 Å². The van der Waals surface area contributed by atoms with E-state index >= 15 is 0 Å². The van der Waals surface area contributed by atoms with Gasteiger partial charge in [-0.3, -0.25) is 0 Å². The number of esters is 1. The van der Waals surface area contributed by atoms with Gasteiger partial charge in [0.15, 0.2) is 23.0 Å². The summed E-state index contributed by atoms with van der Waals surface area (Å²) in [4.78, 5) is 13.1. The lowest BCUT2D eigenvalue weighted by Gasteiger charge is -2.34. The fourth-order valence-corrected chi connectivity index (χ4v) is 5.35. The summed E-state index contributed by atoms with van der Waals surface area (Å²) in [6.45, 7) is 4.17. The van der Waals surface area contributed by atoms with Crippen molar-refractivity contribution in [3.8, 4) is 45.6 Å². The van der Waals surface area contributed by atoms with Crippen LogP contribution in [0.25, 0.3) is 17.2 Å². The Balaban J connectivity index is 1.71. The average molecular weight is 533 g/mol. The first-order valence-corrected chi connectivity index (χ1v) is 12.8. The average Bonchev–Trinajstić information content (AvgIpc) is 3.42. The number of aromatic hydroxyl groups is 1. The third kappa shape index (κ3) is 4.71. The highest BCUT2D eigenvalue weighted by atomic mass is 16.7. The molecule has 8 nitrogen and oxygen atoms in total. The van der Waals surface area contributed by atoms with Crippen LogP contribution in [0.3, 0.4) is 0 Å². The Morgan fingerprint density at radius 1 is 0.974 bits per heavy atom. The Hall–Kier alpha value is -4.33. The molecule has 1 aliphatic heterocycles. The predicted molar refractivity (Wildman–Crippen MR) is 146 cm³/mol. The number of hydrogen-bond acceptors (Lipinski definition) is 8. The van der Waals surface area contributed by atoms with Crippen LogP contribution in [0.1, 0.15) is 36.6 Å². The molecule has 0 aromatic heterocycles. The molecule has 1 N–H and O–H groups in total. The second-order valence-corrected chi connectivity index (χ2v) is 9.74. The largest absolute Gasteiger partial charge is 0.504 e. The molecule has 0 saturated carbocycles. The van der Waals surface area contributed by atoms with Crippen LogP contribution in [0.4, 0.5) is 0 Å². The van der Waals surface area contributed by atoms with Gasteiger partial charge in [-0.05, 0) is 41.7 Å². The van der Waals surface area contributed by atoms with E-state index in [4.69, 9.17) is 28.4 Å². The minimum Gasteiger partial charge on any atom is -0.504 e. The monoisotopic (exact) mass is 532 g/mol. The van der Waals surface area contributed by atoms with Crippen LogP contribution in [-0.2, 0) is 16.0 Å². The van der Waals surface area contributed by atoms with Crippen LogP contribution in [0.2, 0.25) is 0 Å².